The Morgan fingerprint density at radius 3 is 2.88 bits per heavy atom. The SMILES string of the molecule is NC(=O)C=Cc1cccn1-c1ccccn1. The van der Waals surface area contributed by atoms with E-state index in [-0.39, 0.29) is 0 Å². The molecule has 2 rings (SSSR count). The highest BCUT2D eigenvalue weighted by Crippen LogP contribution is 2.11. The van der Waals surface area contributed by atoms with E-state index in [1.807, 2.05) is 41.1 Å². The molecule has 0 saturated heterocycles. The van der Waals surface area contributed by atoms with Crippen LogP contribution in [0.1, 0.15) is 5.69 Å². The van der Waals surface area contributed by atoms with Crippen LogP contribution in [0.15, 0.2) is 48.8 Å². The summed E-state index contributed by atoms with van der Waals surface area (Å²) in [6, 6.07) is 9.42. The van der Waals surface area contributed by atoms with Crippen molar-refractivity contribution >= 4 is 12.0 Å². The summed E-state index contributed by atoms with van der Waals surface area (Å²) in [5.74, 6) is 0.338. The monoisotopic (exact) mass is 213 g/mol. The summed E-state index contributed by atoms with van der Waals surface area (Å²) < 4.78 is 1.87. The van der Waals surface area contributed by atoms with Crippen molar-refractivity contribution in [3.8, 4) is 5.82 Å². The number of hydrogen-bond donors (Lipinski definition) is 1. The molecule has 2 aromatic heterocycles. The van der Waals surface area contributed by atoms with Gasteiger partial charge in [-0.05, 0) is 30.3 Å². The molecule has 1 amide bonds. The first-order valence-corrected chi connectivity index (χ1v) is 4.83. The molecule has 0 aliphatic carbocycles. The zero-order valence-electron chi connectivity index (χ0n) is 8.58. The first-order valence-electron chi connectivity index (χ1n) is 4.83. The Morgan fingerprint density at radius 1 is 1.31 bits per heavy atom. The van der Waals surface area contributed by atoms with E-state index in [2.05, 4.69) is 4.98 Å². The fraction of sp³-hybridized carbons (Fsp3) is 0. The second-order valence-electron chi connectivity index (χ2n) is 3.23. The van der Waals surface area contributed by atoms with Crippen LogP contribution in [-0.2, 0) is 4.79 Å². The molecule has 0 aliphatic rings. The van der Waals surface area contributed by atoms with E-state index < -0.39 is 5.91 Å². The molecular weight excluding hydrogens is 202 g/mol. The van der Waals surface area contributed by atoms with E-state index >= 15 is 0 Å². The molecule has 0 radical (unpaired) electrons. The highest BCUT2D eigenvalue weighted by Gasteiger charge is 2.00. The molecule has 0 spiro atoms. The largest absolute Gasteiger partial charge is 0.366 e. The van der Waals surface area contributed by atoms with Gasteiger partial charge in [-0.15, -0.1) is 0 Å². The summed E-state index contributed by atoms with van der Waals surface area (Å²) in [6.07, 6.45) is 6.59. The van der Waals surface area contributed by atoms with Crippen molar-refractivity contribution in [1.82, 2.24) is 9.55 Å². The molecule has 2 N–H and O–H groups in total. The molecule has 0 aliphatic heterocycles. The summed E-state index contributed by atoms with van der Waals surface area (Å²) in [7, 11) is 0. The molecule has 0 saturated carbocycles. The van der Waals surface area contributed by atoms with E-state index in [1.54, 1.807) is 12.3 Å². The van der Waals surface area contributed by atoms with E-state index in [4.69, 9.17) is 5.73 Å². The Kier molecular flexibility index (Phi) is 2.82. The number of aromatic nitrogens is 2. The van der Waals surface area contributed by atoms with Crippen LogP contribution in [-0.4, -0.2) is 15.5 Å². The third-order valence-electron chi connectivity index (χ3n) is 2.09. The predicted molar refractivity (Wildman–Crippen MR) is 61.8 cm³/mol. The van der Waals surface area contributed by atoms with Gasteiger partial charge in [0, 0.05) is 24.2 Å². The molecule has 4 heteroatoms. The Labute approximate surface area is 93.0 Å². The van der Waals surface area contributed by atoms with Crippen LogP contribution >= 0.6 is 0 Å². The van der Waals surface area contributed by atoms with Gasteiger partial charge >= 0.3 is 0 Å². The van der Waals surface area contributed by atoms with Gasteiger partial charge in [-0.1, -0.05) is 6.07 Å². The molecule has 4 nitrogen and oxygen atoms in total. The van der Waals surface area contributed by atoms with Crippen LogP contribution in [0.25, 0.3) is 11.9 Å². The van der Waals surface area contributed by atoms with Gasteiger partial charge < -0.3 is 10.3 Å². The van der Waals surface area contributed by atoms with Gasteiger partial charge in [-0.2, -0.15) is 0 Å². The van der Waals surface area contributed by atoms with Crippen LogP contribution in [0.5, 0.6) is 0 Å². The minimum atomic E-state index is -0.464. The Bertz CT molecular complexity index is 514. The van der Waals surface area contributed by atoms with Crippen LogP contribution in [0.4, 0.5) is 0 Å². The molecule has 0 fully saturated rings. The maximum atomic E-state index is 10.7. The van der Waals surface area contributed by atoms with E-state index in [0.717, 1.165) is 11.5 Å². The number of carbonyl (C=O) groups excluding carboxylic acids is 1. The highest BCUT2D eigenvalue weighted by molar-refractivity contribution is 5.90. The molecular formula is C12H11N3O. The molecule has 0 aromatic carbocycles. The van der Waals surface area contributed by atoms with Gasteiger partial charge in [0.15, 0.2) is 0 Å². The number of carbonyl (C=O) groups is 1. The zero-order chi connectivity index (χ0) is 11.4. The molecule has 0 bridgehead atoms. The molecule has 0 unspecified atom stereocenters. The Hall–Kier alpha value is -2.36. The minimum absolute atomic E-state index is 0.464. The van der Waals surface area contributed by atoms with Crippen molar-refractivity contribution in [1.29, 1.82) is 0 Å². The topological polar surface area (TPSA) is 60.9 Å². The van der Waals surface area contributed by atoms with Gasteiger partial charge in [0.2, 0.25) is 5.91 Å². The predicted octanol–water partition coefficient (Wildman–Crippen LogP) is 1.37. The maximum Gasteiger partial charge on any atom is 0.241 e. The smallest absolute Gasteiger partial charge is 0.241 e. The minimum Gasteiger partial charge on any atom is -0.366 e. The summed E-state index contributed by atoms with van der Waals surface area (Å²) >= 11 is 0. The second kappa shape index (κ2) is 4.44. The highest BCUT2D eigenvalue weighted by atomic mass is 16.1. The molecule has 0 atom stereocenters. The third-order valence-corrected chi connectivity index (χ3v) is 2.09. The lowest BCUT2D eigenvalue weighted by molar-refractivity contribution is -0.113. The summed E-state index contributed by atoms with van der Waals surface area (Å²) in [5.41, 5.74) is 5.91. The summed E-state index contributed by atoms with van der Waals surface area (Å²) in [4.78, 5) is 14.9. The average molecular weight is 213 g/mol. The van der Waals surface area contributed by atoms with E-state index in [9.17, 15) is 4.79 Å². The van der Waals surface area contributed by atoms with E-state index in [0.29, 0.717) is 0 Å². The maximum absolute atomic E-state index is 10.7. The standard InChI is InChI=1S/C12H11N3O/c13-11(16)7-6-10-4-3-9-15(10)12-5-1-2-8-14-12/h1-9H,(H2,13,16). The van der Waals surface area contributed by atoms with Crippen LogP contribution in [0.3, 0.4) is 0 Å². The van der Waals surface area contributed by atoms with Gasteiger partial charge in [-0.3, -0.25) is 4.79 Å². The van der Waals surface area contributed by atoms with Crippen molar-refractivity contribution in [2.24, 2.45) is 5.73 Å². The second-order valence-corrected chi connectivity index (χ2v) is 3.23. The fourth-order valence-electron chi connectivity index (χ4n) is 1.40. The summed E-state index contributed by atoms with van der Waals surface area (Å²) in [6.45, 7) is 0. The first-order chi connectivity index (χ1) is 7.77. The number of hydrogen-bond acceptors (Lipinski definition) is 2. The van der Waals surface area contributed by atoms with Gasteiger partial charge in [0.1, 0.15) is 5.82 Å². The molecule has 2 aromatic rings. The first kappa shape index (κ1) is 10.2. The fourth-order valence-corrected chi connectivity index (χ4v) is 1.40. The molecule has 16 heavy (non-hydrogen) atoms. The lowest BCUT2D eigenvalue weighted by Crippen LogP contribution is -2.05. The van der Waals surface area contributed by atoms with Gasteiger partial charge in [-0.25, -0.2) is 4.98 Å². The number of amides is 1. The summed E-state index contributed by atoms with van der Waals surface area (Å²) in [5, 5.41) is 0. The Balaban J connectivity index is 2.37. The molecule has 2 heterocycles. The number of rotatable bonds is 3. The number of nitrogens with two attached hydrogens (primary N) is 1. The number of nitrogens with zero attached hydrogens (tertiary/aromatic N) is 2. The third kappa shape index (κ3) is 2.17. The zero-order valence-corrected chi connectivity index (χ0v) is 8.58. The Morgan fingerprint density at radius 2 is 2.19 bits per heavy atom. The van der Waals surface area contributed by atoms with Crippen LogP contribution in [0, 0.1) is 0 Å². The average Bonchev–Trinajstić information content (AvgIpc) is 2.75. The van der Waals surface area contributed by atoms with Gasteiger partial charge in [0.05, 0.1) is 0 Å². The van der Waals surface area contributed by atoms with Crippen molar-refractivity contribution < 1.29 is 4.79 Å². The van der Waals surface area contributed by atoms with Crippen molar-refractivity contribution in [3.05, 3.63) is 54.5 Å². The van der Waals surface area contributed by atoms with E-state index in [1.165, 1.54) is 6.08 Å². The van der Waals surface area contributed by atoms with Crippen molar-refractivity contribution in [3.63, 3.8) is 0 Å². The van der Waals surface area contributed by atoms with Crippen molar-refractivity contribution in [2.45, 2.75) is 0 Å². The number of primary amides is 1. The van der Waals surface area contributed by atoms with Crippen LogP contribution < -0.4 is 5.73 Å². The molecule has 80 valence electrons. The van der Waals surface area contributed by atoms with Crippen molar-refractivity contribution in [2.75, 3.05) is 0 Å². The van der Waals surface area contributed by atoms with Crippen LogP contribution in [0.2, 0.25) is 0 Å². The normalized spacial score (nSPS) is 10.8. The lowest BCUT2D eigenvalue weighted by atomic mass is 10.3. The van der Waals surface area contributed by atoms with Gasteiger partial charge in [0.25, 0.3) is 0 Å². The quantitative estimate of drug-likeness (QED) is 0.783. The number of pyridine rings is 1. The lowest BCUT2D eigenvalue weighted by Gasteiger charge is -2.04.